The Morgan fingerprint density at radius 1 is 1.10 bits per heavy atom. The number of anilines is 1. The average molecular weight is 300 g/mol. The smallest absolute Gasteiger partial charge is 0.257 e. The summed E-state index contributed by atoms with van der Waals surface area (Å²) in [6.07, 6.45) is 0. The Labute approximate surface area is 125 Å². The summed E-state index contributed by atoms with van der Waals surface area (Å²) in [6, 6.07) is 9.50. The highest BCUT2D eigenvalue weighted by Crippen LogP contribution is 2.31. The third kappa shape index (κ3) is 2.64. The van der Waals surface area contributed by atoms with Gasteiger partial charge in [0.15, 0.2) is 5.13 Å². The first kappa shape index (κ1) is 13.7. The van der Waals surface area contributed by atoms with Gasteiger partial charge in [-0.2, -0.15) is 0 Å². The Morgan fingerprint density at radius 3 is 2.43 bits per heavy atom. The number of thiazole rings is 1. The van der Waals surface area contributed by atoms with E-state index in [4.69, 9.17) is 0 Å². The molecule has 0 fully saturated rings. The SMILES string of the molecule is Cc1ccc(C)c2sc(NC(=O)c3ccc(F)cc3)nc12. The maximum Gasteiger partial charge on any atom is 0.257 e. The summed E-state index contributed by atoms with van der Waals surface area (Å²) in [5.74, 6) is -0.651. The number of aromatic nitrogens is 1. The van der Waals surface area contributed by atoms with Crippen molar-refractivity contribution in [1.82, 2.24) is 4.98 Å². The van der Waals surface area contributed by atoms with Crippen LogP contribution < -0.4 is 5.32 Å². The Hall–Kier alpha value is -2.27. The molecule has 1 N–H and O–H groups in total. The number of carbonyl (C=O) groups excluding carboxylic acids is 1. The van der Waals surface area contributed by atoms with Crippen molar-refractivity contribution in [3.05, 3.63) is 58.9 Å². The Kier molecular flexibility index (Phi) is 3.43. The number of nitrogens with zero attached hydrogens (tertiary/aromatic N) is 1. The van der Waals surface area contributed by atoms with Crippen LogP contribution in [0.25, 0.3) is 10.2 Å². The summed E-state index contributed by atoms with van der Waals surface area (Å²) >= 11 is 1.45. The zero-order valence-corrected chi connectivity index (χ0v) is 12.4. The predicted octanol–water partition coefficient (Wildman–Crippen LogP) is 4.30. The van der Waals surface area contributed by atoms with Gasteiger partial charge in [0.2, 0.25) is 0 Å². The number of aryl methyl sites for hydroxylation is 2. The second-order valence-corrected chi connectivity index (χ2v) is 5.86. The van der Waals surface area contributed by atoms with Gasteiger partial charge < -0.3 is 0 Å². The van der Waals surface area contributed by atoms with Crippen molar-refractivity contribution in [2.45, 2.75) is 13.8 Å². The lowest BCUT2D eigenvalue weighted by atomic mass is 10.1. The molecule has 0 aliphatic carbocycles. The molecule has 3 rings (SSSR count). The van der Waals surface area contributed by atoms with E-state index < -0.39 is 0 Å². The predicted molar refractivity (Wildman–Crippen MR) is 83.4 cm³/mol. The van der Waals surface area contributed by atoms with E-state index >= 15 is 0 Å². The normalized spacial score (nSPS) is 10.8. The summed E-state index contributed by atoms with van der Waals surface area (Å²) < 4.78 is 13.9. The van der Waals surface area contributed by atoms with Crippen LogP contribution >= 0.6 is 11.3 Å². The standard InChI is InChI=1S/C16H13FN2OS/c1-9-3-4-10(2)14-13(9)18-16(21-14)19-15(20)11-5-7-12(17)8-6-11/h3-8H,1-2H3,(H,18,19,20). The van der Waals surface area contributed by atoms with E-state index in [2.05, 4.69) is 10.3 Å². The molecule has 2 aromatic carbocycles. The minimum atomic E-state index is -0.363. The number of nitrogens with one attached hydrogen (secondary N) is 1. The minimum Gasteiger partial charge on any atom is -0.298 e. The van der Waals surface area contributed by atoms with Gasteiger partial charge in [-0.1, -0.05) is 23.5 Å². The van der Waals surface area contributed by atoms with Crippen LogP contribution in [0.15, 0.2) is 36.4 Å². The Morgan fingerprint density at radius 2 is 1.76 bits per heavy atom. The fourth-order valence-corrected chi connectivity index (χ4v) is 3.09. The third-order valence-electron chi connectivity index (χ3n) is 3.27. The summed E-state index contributed by atoms with van der Waals surface area (Å²) in [4.78, 5) is 16.6. The number of carbonyl (C=O) groups is 1. The van der Waals surface area contributed by atoms with Crippen LogP contribution in [-0.4, -0.2) is 10.9 Å². The van der Waals surface area contributed by atoms with Crippen molar-refractivity contribution in [2.75, 3.05) is 5.32 Å². The van der Waals surface area contributed by atoms with Gasteiger partial charge in [0.05, 0.1) is 10.2 Å². The molecule has 3 nitrogen and oxygen atoms in total. The number of benzene rings is 2. The number of hydrogen-bond acceptors (Lipinski definition) is 3. The number of amides is 1. The van der Waals surface area contributed by atoms with Crippen molar-refractivity contribution >= 4 is 32.6 Å². The van der Waals surface area contributed by atoms with Gasteiger partial charge in [0.25, 0.3) is 5.91 Å². The molecule has 0 bridgehead atoms. The molecule has 0 radical (unpaired) electrons. The molecule has 0 unspecified atom stereocenters. The van der Waals surface area contributed by atoms with E-state index in [0.717, 1.165) is 21.3 Å². The zero-order chi connectivity index (χ0) is 15.0. The molecular weight excluding hydrogens is 287 g/mol. The maximum absolute atomic E-state index is 12.9. The molecule has 0 saturated heterocycles. The lowest BCUT2D eigenvalue weighted by molar-refractivity contribution is 0.102. The van der Waals surface area contributed by atoms with Gasteiger partial charge in [-0.15, -0.1) is 0 Å². The fourth-order valence-electron chi connectivity index (χ4n) is 2.08. The van der Waals surface area contributed by atoms with Crippen molar-refractivity contribution in [1.29, 1.82) is 0 Å². The quantitative estimate of drug-likeness (QED) is 0.766. The molecule has 1 heterocycles. The first-order valence-electron chi connectivity index (χ1n) is 6.48. The Bertz CT molecular complexity index is 785. The van der Waals surface area contributed by atoms with Crippen LogP contribution in [0.2, 0.25) is 0 Å². The van der Waals surface area contributed by atoms with E-state index in [1.807, 2.05) is 26.0 Å². The summed E-state index contributed by atoms with van der Waals surface area (Å²) in [6.45, 7) is 4.01. The number of rotatable bonds is 2. The average Bonchev–Trinajstić information content (AvgIpc) is 2.89. The summed E-state index contributed by atoms with van der Waals surface area (Å²) in [7, 11) is 0. The molecule has 1 aromatic heterocycles. The van der Waals surface area contributed by atoms with Crippen LogP contribution in [0.1, 0.15) is 21.5 Å². The van der Waals surface area contributed by atoms with E-state index in [1.165, 1.54) is 35.6 Å². The van der Waals surface area contributed by atoms with Crippen molar-refractivity contribution in [2.24, 2.45) is 0 Å². The van der Waals surface area contributed by atoms with Crippen molar-refractivity contribution in [3.8, 4) is 0 Å². The van der Waals surface area contributed by atoms with Gasteiger partial charge in [-0.3, -0.25) is 10.1 Å². The number of halogens is 1. The fraction of sp³-hybridized carbons (Fsp3) is 0.125. The van der Waals surface area contributed by atoms with E-state index in [1.54, 1.807) is 0 Å². The third-order valence-corrected chi connectivity index (χ3v) is 4.38. The topological polar surface area (TPSA) is 42.0 Å². The molecule has 0 atom stereocenters. The van der Waals surface area contributed by atoms with E-state index in [0.29, 0.717) is 10.7 Å². The maximum atomic E-state index is 12.9. The molecule has 0 spiro atoms. The zero-order valence-electron chi connectivity index (χ0n) is 11.6. The molecule has 0 aliphatic rings. The molecule has 106 valence electrons. The number of fused-ring (bicyclic) bond motifs is 1. The van der Waals surface area contributed by atoms with Gasteiger partial charge >= 0.3 is 0 Å². The van der Waals surface area contributed by atoms with E-state index in [-0.39, 0.29) is 11.7 Å². The monoisotopic (exact) mass is 300 g/mol. The molecule has 21 heavy (non-hydrogen) atoms. The van der Waals surface area contributed by atoms with Crippen LogP contribution in [-0.2, 0) is 0 Å². The summed E-state index contributed by atoms with van der Waals surface area (Å²) in [5, 5.41) is 3.32. The van der Waals surface area contributed by atoms with Crippen LogP contribution in [0.5, 0.6) is 0 Å². The van der Waals surface area contributed by atoms with Crippen LogP contribution in [0.4, 0.5) is 9.52 Å². The van der Waals surface area contributed by atoms with Crippen LogP contribution in [0, 0.1) is 19.7 Å². The summed E-state index contributed by atoms with van der Waals surface area (Å²) in [5.41, 5.74) is 3.53. The highest BCUT2D eigenvalue weighted by molar-refractivity contribution is 7.22. The first-order chi connectivity index (χ1) is 10.0. The minimum absolute atomic E-state index is 0.288. The largest absolute Gasteiger partial charge is 0.298 e. The molecule has 5 heteroatoms. The second-order valence-electron chi connectivity index (χ2n) is 4.86. The van der Waals surface area contributed by atoms with E-state index in [9.17, 15) is 9.18 Å². The molecular formula is C16H13FN2OS. The first-order valence-corrected chi connectivity index (χ1v) is 7.30. The Balaban J connectivity index is 1.91. The second kappa shape index (κ2) is 5.26. The highest BCUT2D eigenvalue weighted by Gasteiger charge is 2.12. The van der Waals surface area contributed by atoms with Gasteiger partial charge in [0.1, 0.15) is 5.82 Å². The molecule has 3 aromatic rings. The molecule has 0 saturated carbocycles. The van der Waals surface area contributed by atoms with Gasteiger partial charge in [0, 0.05) is 5.56 Å². The lowest BCUT2D eigenvalue weighted by Crippen LogP contribution is -2.11. The lowest BCUT2D eigenvalue weighted by Gasteiger charge is -2.00. The number of hydrogen-bond donors (Lipinski definition) is 1. The van der Waals surface area contributed by atoms with Gasteiger partial charge in [-0.25, -0.2) is 9.37 Å². The molecule has 1 amide bonds. The van der Waals surface area contributed by atoms with Crippen molar-refractivity contribution < 1.29 is 9.18 Å². The van der Waals surface area contributed by atoms with Crippen molar-refractivity contribution in [3.63, 3.8) is 0 Å². The van der Waals surface area contributed by atoms with Crippen LogP contribution in [0.3, 0.4) is 0 Å². The van der Waals surface area contributed by atoms with Gasteiger partial charge in [-0.05, 0) is 49.2 Å². The molecule has 0 aliphatic heterocycles. The highest BCUT2D eigenvalue weighted by atomic mass is 32.1.